The maximum atomic E-state index is 12.3. The molecule has 0 radical (unpaired) electrons. The topological polar surface area (TPSA) is 145 Å². The SMILES string of the molecule is Cc1cc(C)nc(SCc2ccc(C(=O)NNC(=O)Cn3nc(C)c([N+](=O)[O-])c3C)cc2)n1. The third kappa shape index (κ3) is 6.13. The minimum absolute atomic E-state index is 0.130. The fraction of sp³-hybridized carbons (Fsp3) is 0.286. The number of hydrogen-bond donors (Lipinski definition) is 2. The second kappa shape index (κ2) is 10.2. The number of hydrogen-bond acceptors (Lipinski definition) is 8. The predicted molar refractivity (Wildman–Crippen MR) is 121 cm³/mol. The van der Waals surface area contributed by atoms with E-state index in [-0.39, 0.29) is 23.6 Å². The van der Waals surface area contributed by atoms with Crippen LogP contribution in [0.15, 0.2) is 35.5 Å². The first-order chi connectivity index (χ1) is 15.6. The molecule has 0 aliphatic rings. The van der Waals surface area contributed by atoms with Crippen molar-refractivity contribution in [1.29, 1.82) is 0 Å². The molecule has 0 aliphatic heterocycles. The number of nitro groups is 1. The molecule has 172 valence electrons. The largest absolute Gasteiger partial charge is 0.312 e. The molecular formula is C21H23N7O4S. The van der Waals surface area contributed by atoms with Gasteiger partial charge in [0.2, 0.25) is 0 Å². The number of carbonyl (C=O) groups excluding carboxylic acids is 2. The van der Waals surface area contributed by atoms with Gasteiger partial charge in [0.25, 0.3) is 11.8 Å². The molecule has 2 aromatic heterocycles. The number of aromatic nitrogens is 4. The van der Waals surface area contributed by atoms with Crippen LogP contribution in [0.3, 0.4) is 0 Å². The maximum absolute atomic E-state index is 12.3. The number of hydrazine groups is 1. The van der Waals surface area contributed by atoms with Gasteiger partial charge < -0.3 is 0 Å². The van der Waals surface area contributed by atoms with Crippen molar-refractivity contribution in [2.45, 2.75) is 45.1 Å². The highest BCUT2D eigenvalue weighted by molar-refractivity contribution is 7.98. The average molecular weight is 470 g/mol. The molecule has 0 aliphatic carbocycles. The van der Waals surface area contributed by atoms with E-state index in [4.69, 9.17) is 0 Å². The Morgan fingerprint density at radius 1 is 1.06 bits per heavy atom. The zero-order chi connectivity index (χ0) is 24.1. The van der Waals surface area contributed by atoms with Crippen molar-refractivity contribution in [2.75, 3.05) is 0 Å². The molecule has 2 heterocycles. The molecule has 2 amide bonds. The highest BCUT2D eigenvalue weighted by Gasteiger charge is 2.22. The highest BCUT2D eigenvalue weighted by Crippen LogP contribution is 2.22. The van der Waals surface area contributed by atoms with E-state index in [1.54, 1.807) is 12.1 Å². The van der Waals surface area contributed by atoms with Gasteiger partial charge in [0.05, 0.1) is 4.92 Å². The second-order valence-corrected chi connectivity index (χ2v) is 8.30. The van der Waals surface area contributed by atoms with Crippen molar-refractivity contribution >= 4 is 29.3 Å². The average Bonchev–Trinajstić information content (AvgIpc) is 3.03. The summed E-state index contributed by atoms with van der Waals surface area (Å²) in [7, 11) is 0. The Hall–Kier alpha value is -3.80. The molecule has 0 saturated heterocycles. The summed E-state index contributed by atoms with van der Waals surface area (Å²) in [6.45, 7) is 6.59. The molecule has 0 saturated carbocycles. The van der Waals surface area contributed by atoms with Crippen LogP contribution in [0.25, 0.3) is 0 Å². The van der Waals surface area contributed by atoms with Gasteiger partial charge in [0.15, 0.2) is 5.16 Å². The van der Waals surface area contributed by atoms with E-state index in [1.807, 2.05) is 32.0 Å². The van der Waals surface area contributed by atoms with Gasteiger partial charge in [-0.1, -0.05) is 23.9 Å². The Labute approximate surface area is 194 Å². The zero-order valence-corrected chi connectivity index (χ0v) is 19.4. The van der Waals surface area contributed by atoms with Gasteiger partial charge in [-0.3, -0.25) is 35.2 Å². The normalized spacial score (nSPS) is 10.7. The Morgan fingerprint density at radius 2 is 1.70 bits per heavy atom. The molecule has 0 fully saturated rings. The lowest BCUT2D eigenvalue weighted by atomic mass is 10.1. The van der Waals surface area contributed by atoms with Crippen LogP contribution in [0.5, 0.6) is 0 Å². The number of carbonyl (C=O) groups is 2. The minimum atomic E-state index is -0.565. The standard InChI is InChI=1S/C21H23N7O4S/c1-12-9-13(2)23-21(22-12)33-11-16-5-7-17(8-6-16)20(30)25-24-18(29)10-27-15(4)19(28(31)32)14(3)26-27/h5-9H,10-11H2,1-4H3,(H,24,29)(H,25,30). The third-order valence-corrected chi connectivity index (χ3v) is 5.60. The fourth-order valence-corrected chi connectivity index (χ4v) is 4.04. The second-order valence-electron chi connectivity index (χ2n) is 7.36. The smallest absolute Gasteiger partial charge is 0.271 e. The van der Waals surface area contributed by atoms with Crippen LogP contribution in [0.4, 0.5) is 5.69 Å². The lowest BCUT2D eigenvalue weighted by molar-refractivity contribution is -0.386. The van der Waals surface area contributed by atoms with Gasteiger partial charge in [-0.25, -0.2) is 9.97 Å². The summed E-state index contributed by atoms with van der Waals surface area (Å²) in [6.07, 6.45) is 0. The molecule has 0 unspecified atom stereocenters. The summed E-state index contributed by atoms with van der Waals surface area (Å²) in [5.41, 5.74) is 8.17. The lowest BCUT2D eigenvalue weighted by Gasteiger charge is -2.09. The van der Waals surface area contributed by atoms with Gasteiger partial charge >= 0.3 is 5.69 Å². The Bertz CT molecular complexity index is 1190. The van der Waals surface area contributed by atoms with Gasteiger partial charge in [-0.2, -0.15) is 5.10 Å². The summed E-state index contributed by atoms with van der Waals surface area (Å²) in [5.74, 6) is -0.402. The molecule has 12 heteroatoms. The summed E-state index contributed by atoms with van der Waals surface area (Å²) >= 11 is 1.51. The zero-order valence-electron chi connectivity index (χ0n) is 18.6. The number of thioether (sulfide) groups is 1. The lowest BCUT2D eigenvalue weighted by Crippen LogP contribution is -2.43. The van der Waals surface area contributed by atoms with Crippen molar-refractivity contribution in [3.05, 3.63) is 74.3 Å². The number of nitrogens with one attached hydrogen (secondary N) is 2. The summed E-state index contributed by atoms with van der Waals surface area (Å²) in [4.78, 5) is 43.8. The highest BCUT2D eigenvalue weighted by atomic mass is 32.2. The van der Waals surface area contributed by atoms with E-state index in [9.17, 15) is 19.7 Å². The van der Waals surface area contributed by atoms with E-state index in [1.165, 1.54) is 30.3 Å². The van der Waals surface area contributed by atoms with Crippen LogP contribution >= 0.6 is 11.8 Å². The van der Waals surface area contributed by atoms with Gasteiger partial charge in [-0.05, 0) is 51.5 Å². The Morgan fingerprint density at radius 3 is 2.27 bits per heavy atom. The predicted octanol–water partition coefficient (Wildman–Crippen LogP) is 2.57. The first-order valence-corrected chi connectivity index (χ1v) is 10.9. The molecule has 0 atom stereocenters. The molecule has 3 rings (SSSR count). The quantitative estimate of drug-likeness (QED) is 0.232. The van der Waals surface area contributed by atoms with E-state index in [2.05, 4.69) is 25.9 Å². The van der Waals surface area contributed by atoms with Crippen LogP contribution in [-0.2, 0) is 17.1 Å². The molecule has 2 N–H and O–H groups in total. The number of aryl methyl sites for hydroxylation is 3. The van der Waals surface area contributed by atoms with Crippen molar-refractivity contribution in [1.82, 2.24) is 30.6 Å². The van der Waals surface area contributed by atoms with Crippen molar-refractivity contribution in [2.24, 2.45) is 0 Å². The van der Waals surface area contributed by atoms with E-state index in [0.29, 0.717) is 16.5 Å². The summed E-state index contributed by atoms with van der Waals surface area (Å²) < 4.78 is 1.22. The van der Waals surface area contributed by atoms with Crippen LogP contribution in [-0.4, -0.2) is 36.5 Å². The van der Waals surface area contributed by atoms with Crippen molar-refractivity contribution in [3.63, 3.8) is 0 Å². The molecule has 1 aromatic carbocycles. The van der Waals surface area contributed by atoms with Crippen LogP contribution in [0.2, 0.25) is 0 Å². The maximum Gasteiger partial charge on any atom is 0.312 e. The molecule has 0 bridgehead atoms. The van der Waals surface area contributed by atoms with Crippen LogP contribution in [0, 0.1) is 37.8 Å². The molecule has 0 spiro atoms. The van der Waals surface area contributed by atoms with Gasteiger partial charge in [0.1, 0.15) is 17.9 Å². The van der Waals surface area contributed by atoms with E-state index < -0.39 is 16.7 Å². The number of rotatable bonds is 7. The monoisotopic (exact) mass is 469 g/mol. The van der Waals surface area contributed by atoms with Crippen molar-refractivity contribution < 1.29 is 14.5 Å². The molecule has 11 nitrogen and oxygen atoms in total. The Kier molecular flexibility index (Phi) is 7.38. The van der Waals surface area contributed by atoms with Crippen LogP contribution < -0.4 is 10.9 Å². The minimum Gasteiger partial charge on any atom is -0.271 e. The summed E-state index contributed by atoms with van der Waals surface area (Å²) in [5, 5.41) is 15.8. The molecule has 3 aromatic rings. The van der Waals surface area contributed by atoms with E-state index in [0.717, 1.165) is 17.0 Å². The van der Waals surface area contributed by atoms with Gasteiger partial charge in [-0.15, -0.1) is 0 Å². The van der Waals surface area contributed by atoms with Gasteiger partial charge in [0, 0.05) is 22.7 Å². The molecular weight excluding hydrogens is 446 g/mol. The number of amides is 2. The first-order valence-electron chi connectivity index (χ1n) is 9.95. The fourth-order valence-electron chi connectivity index (χ4n) is 3.14. The number of nitrogens with zero attached hydrogens (tertiary/aromatic N) is 5. The third-order valence-electron chi connectivity index (χ3n) is 4.68. The first kappa shape index (κ1) is 23.9. The van der Waals surface area contributed by atoms with Crippen LogP contribution in [0.1, 0.15) is 38.7 Å². The molecule has 33 heavy (non-hydrogen) atoms. The number of benzene rings is 1. The Balaban J connectivity index is 1.52. The summed E-state index contributed by atoms with van der Waals surface area (Å²) in [6, 6.07) is 8.87. The van der Waals surface area contributed by atoms with Crippen molar-refractivity contribution in [3.8, 4) is 0 Å². The van der Waals surface area contributed by atoms with E-state index >= 15 is 0 Å².